The molecular weight excluding hydrogens is 303 g/mol. The first-order chi connectivity index (χ1) is 10.9. The summed E-state index contributed by atoms with van der Waals surface area (Å²) in [5, 5.41) is 6.30. The highest BCUT2D eigenvalue weighted by Gasteiger charge is 2.20. The van der Waals surface area contributed by atoms with E-state index >= 15 is 0 Å². The summed E-state index contributed by atoms with van der Waals surface area (Å²) < 4.78 is 22.9. The fourth-order valence-corrected chi connectivity index (χ4v) is 1.97. The summed E-state index contributed by atoms with van der Waals surface area (Å²) in [6, 6.07) is 5.30. The van der Waals surface area contributed by atoms with Gasteiger partial charge in [-0.3, -0.25) is 9.59 Å². The fourth-order valence-electron chi connectivity index (χ4n) is 1.97. The van der Waals surface area contributed by atoms with Crippen molar-refractivity contribution in [1.29, 1.82) is 0 Å². The number of rotatable bonds is 5. The lowest BCUT2D eigenvalue weighted by Crippen LogP contribution is -2.30. The molecule has 2 rings (SSSR count). The smallest absolute Gasteiger partial charge is 0.311 e. The Kier molecular flexibility index (Phi) is 5.10. The third-order valence-corrected chi connectivity index (χ3v) is 3.29. The van der Waals surface area contributed by atoms with Crippen molar-refractivity contribution in [3.8, 4) is 0 Å². The van der Waals surface area contributed by atoms with Gasteiger partial charge in [0.25, 0.3) is 5.91 Å². The molecule has 0 unspecified atom stereocenters. The number of amides is 1. The van der Waals surface area contributed by atoms with E-state index in [4.69, 9.17) is 9.26 Å². The molecule has 7 heteroatoms. The van der Waals surface area contributed by atoms with Crippen molar-refractivity contribution in [2.45, 2.75) is 33.3 Å². The largest absolute Gasteiger partial charge is 0.452 e. The molecular formula is C16H17FN2O4. The van der Waals surface area contributed by atoms with E-state index in [0.29, 0.717) is 22.7 Å². The van der Waals surface area contributed by atoms with Crippen LogP contribution in [0.15, 0.2) is 28.8 Å². The standard InChI is InChI=1S/C16H17FN2O4/c1-9-14(10(2)23-19-9)8-15(20)22-11(3)16(21)18-13-6-4-12(17)5-7-13/h4-7,11H,8H2,1-3H3,(H,18,21)/t11-/m0/s1. The molecule has 1 amide bonds. The van der Waals surface area contributed by atoms with Crippen molar-refractivity contribution in [1.82, 2.24) is 5.16 Å². The fraction of sp³-hybridized carbons (Fsp3) is 0.312. The Labute approximate surface area is 132 Å². The van der Waals surface area contributed by atoms with Gasteiger partial charge in [0, 0.05) is 11.3 Å². The molecule has 0 aliphatic heterocycles. The van der Waals surface area contributed by atoms with Crippen molar-refractivity contribution in [3.05, 3.63) is 47.1 Å². The number of ether oxygens (including phenoxy) is 1. The van der Waals surface area contributed by atoms with Crippen molar-refractivity contribution >= 4 is 17.6 Å². The summed E-state index contributed by atoms with van der Waals surface area (Å²) in [5.41, 5.74) is 1.69. The van der Waals surface area contributed by atoms with Gasteiger partial charge in [0.15, 0.2) is 6.10 Å². The van der Waals surface area contributed by atoms with E-state index in [9.17, 15) is 14.0 Å². The van der Waals surface area contributed by atoms with E-state index in [1.807, 2.05) is 0 Å². The van der Waals surface area contributed by atoms with Crippen LogP contribution in [0.1, 0.15) is 23.9 Å². The number of carbonyl (C=O) groups is 2. The van der Waals surface area contributed by atoms with Gasteiger partial charge in [-0.15, -0.1) is 0 Å². The molecule has 0 saturated carbocycles. The van der Waals surface area contributed by atoms with E-state index < -0.39 is 23.8 Å². The Morgan fingerprint density at radius 2 is 1.96 bits per heavy atom. The second kappa shape index (κ2) is 7.04. The number of hydrogen-bond donors (Lipinski definition) is 1. The van der Waals surface area contributed by atoms with Gasteiger partial charge >= 0.3 is 5.97 Å². The lowest BCUT2D eigenvalue weighted by Gasteiger charge is -2.13. The molecule has 0 bridgehead atoms. The molecule has 0 fully saturated rings. The second-order valence-corrected chi connectivity index (χ2v) is 5.11. The van der Waals surface area contributed by atoms with Crippen LogP contribution >= 0.6 is 0 Å². The van der Waals surface area contributed by atoms with Crippen LogP contribution in [0.5, 0.6) is 0 Å². The Bertz CT molecular complexity index is 690. The Balaban J connectivity index is 1.90. The van der Waals surface area contributed by atoms with Crippen LogP contribution in [0.2, 0.25) is 0 Å². The number of aryl methyl sites for hydroxylation is 2. The van der Waals surface area contributed by atoms with E-state index in [1.54, 1.807) is 13.8 Å². The van der Waals surface area contributed by atoms with Gasteiger partial charge in [-0.1, -0.05) is 5.16 Å². The maximum absolute atomic E-state index is 12.8. The van der Waals surface area contributed by atoms with Crippen LogP contribution in [0.4, 0.5) is 10.1 Å². The van der Waals surface area contributed by atoms with Crippen molar-refractivity contribution in [2.24, 2.45) is 0 Å². The molecule has 0 aliphatic carbocycles. The zero-order chi connectivity index (χ0) is 17.0. The highest BCUT2D eigenvalue weighted by atomic mass is 19.1. The highest BCUT2D eigenvalue weighted by Crippen LogP contribution is 2.14. The van der Waals surface area contributed by atoms with Gasteiger partial charge in [0.2, 0.25) is 0 Å². The van der Waals surface area contributed by atoms with Crippen LogP contribution in [0.25, 0.3) is 0 Å². The van der Waals surface area contributed by atoms with Crippen LogP contribution in [-0.4, -0.2) is 23.1 Å². The molecule has 6 nitrogen and oxygen atoms in total. The summed E-state index contributed by atoms with van der Waals surface area (Å²) in [4.78, 5) is 23.9. The molecule has 1 aromatic carbocycles. The van der Waals surface area contributed by atoms with Crippen molar-refractivity contribution < 1.29 is 23.2 Å². The molecule has 0 saturated heterocycles. The number of benzene rings is 1. The van der Waals surface area contributed by atoms with Gasteiger partial charge < -0.3 is 14.6 Å². The lowest BCUT2D eigenvalue weighted by molar-refractivity contribution is -0.152. The number of nitrogens with one attached hydrogen (secondary N) is 1. The zero-order valence-electron chi connectivity index (χ0n) is 13.1. The van der Waals surface area contributed by atoms with E-state index in [-0.39, 0.29) is 6.42 Å². The number of hydrogen-bond acceptors (Lipinski definition) is 5. The molecule has 1 heterocycles. The van der Waals surface area contributed by atoms with Gasteiger partial charge in [0.05, 0.1) is 12.1 Å². The molecule has 23 heavy (non-hydrogen) atoms. The molecule has 1 N–H and O–H groups in total. The number of nitrogens with zero attached hydrogens (tertiary/aromatic N) is 1. The highest BCUT2D eigenvalue weighted by molar-refractivity contribution is 5.95. The van der Waals surface area contributed by atoms with Crippen LogP contribution in [0.3, 0.4) is 0 Å². The lowest BCUT2D eigenvalue weighted by atomic mass is 10.1. The summed E-state index contributed by atoms with van der Waals surface area (Å²) in [7, 11) is 0. The van der Waals surface area contributed by atoms with Gasteiger partial charge in [-0.05, 0) is 45.0 Å². The van der Waals surface area contributed by atoms with E-state index in [1.165, 1.54) is 31.2 Å². The first kappa shape index (κ1) is 16.7. The minimum Gasteiger partial charge on any atom is -0.452 e. The molecule has 0 spiro atoms. The molecule has 1 atom stereocenters. The van der Waals surface area contributed by atoms with Crippen LogP contribution < -0.4 is 5.32 Å². The molecule has 2 aromatic rings. The summed E-state index contributed by atoms with van der Waals surface area (Å²) >= 11 is 0. The number of anilines is 1. The predicted octanol–water partition coefficient (Wildman–Crippen LogP) is 2.54. The van der Waals surface area contributed by atoms with Crippen LogP contribution in [0, 0.1) is 19.7 Å². The molecule has 0 aliphatic rings. The Morgan fingerprint density at radius 3 is 2.52 bits per heavy atom. The third-order valence-electron chi connectivity index (χ3n) is 3.29. The first-order valence-electron chi connectivity index (χ1n) is 7.04. The minimum atomic E-state index is -0.979. The third kappa shape index (κ3) is 4.38. The predicted molar refractivity (Wildman–Crippen MR) is 80.3 cm³/mol. The normalized spacial score (nSPS) is 11.8. The number of esters is 1. The maximum Gasteiger partial charge on any atom is 0.311 e. The Morgan fingerprint density at radius 1 is 1.30 bits per heavy atom. The van der Waals surface area contributed by atoms with Crippen LogP contribution in [-0.2, 0) is 20.7 Å². The van der Waals surface area contributed by atoms with E-state index in [2.05, 4.69) is 10.5 Å². The topological polar surface area (TPSA) is 81.4 Å². The summed E-state index contributed by atoms with van der Waals surface area (Å²) in [6.07, 6.45) is -0.997. The van der Waals surface area contributed by atoms with Crippen molar-refractivity contribution in [2.75, 3.05) is 5.32 Å². The monoisotopic (exact) mass is 320 g/mol. The van der Waals surface area contributed by atoms with Gasteiger partial charge in [-0.25, -0.2) is 4.39 Å². The number of halogens is 1. The van der Waals surface area contributed by atoms with E-state index in [0.717, 1.165) is 0 Å². The van der Waals surface area contributed by atoms with Gasteiger partial charge in [-0.2, -0.15) is 0 Å². The van der Waals surface area contributed by atoms with Crippen molar-refractivity contribution in [3.63, 3.8) is 0 Å². The average molecular weight is 320 g/mol. The molecule has 0 radical (unpaired) electrons. The minimum absolute atomic E-state index is 0.0185. The SMILES string of the molecule is Cc1noc(C)c1CC(=O)O[C@@H](C)C(=O)Nc1ccc(F)cc1. The molecule has 1 aromatic heterocycles. The zero-order valence-corrected chi connectivity index (χ0v) is 13.1. The molecule has 122 valence electrons. The number of aromatic nitrogens is 1. The second-order valence-electron chi connectivity index (χ2n) is 5.11. The maximum atomic E-state index is 12.8. The van der Waals surface area contributed by atoms with Gasteiger partial charge in [0.1, 0.15) is 11.6 Å². The quantitative estimate of drug-likeness (QED) is 0.856. The Hall–Kier alpha value is -2.70. The summed E-state index contributed by atoms with van der Waals surface area (Å²) in [5.74, 6) is -0.908. The average Bonchev–Trinajstić information content (AvgIpc) is 2.81. The first-order valence-corrected chi connectivity index (χ1v) is 7.04. The summed E-state index contributed by atoms with van der Waals surface area (Å²) in [6.45, 7) is 4.89. The number of carbonyl (C=O) groups excluding carboxylic acids is 2.